The average molecular weight is 326 g/mol. The summed E-state index contributed by atoms with van der Waals surface area (Å²) in [5, 5.41) is 15.2. The summed E-state index contributed by atoms with van der Waals surface area (Å²) in [7, 11) is 0. The first-order valence-electron chi connectivity index (χ1n) is 6.60. The van der Waals surface area contributed by atoms with Crippen LogP contribution in [0, 0.1) is 11.3 Å². The van der Waals surface area contributed by atoms with Crippen molar-refractivity contribution in [3.63, 3.8) is 0 Å². The Balaban J connectivity index is 2.41. The molecule has 2 N–H and O–H groups in total. The maximum Gasteiger partial charge on any atom is 0.263 e. The van der Waals surface area contributed by atoms with E-state index < -0.39 is 5.91 Å². The zero-order valence-electron chi connectivity index (χ0n) is 11.5. The molecule has 0 atom stereocenters. The largest absolute Gasteiger partial charge is 0.389 e. The topological polar surface area (TPSA) is 64.9 Å². The predicted molar refractivity (Wildman–Crippen MR) is 85.2 cm³/mol. The quantitative estimate of drug-likeness (QED) is 0.334. The molecule has 0 aliphatic rings. The SMILES string of the molecule is N#C/C(=C/NCCc1ccccc1Cl)C(=O)NCCCCl. The van der Waals surface area contributed by atoms with Gasteiger partial charge in [-0.25, -0.2) is 0 Å². The number of benzene rings is 1. The van der Waals surface area contributed by atoms with E-state index in [4.69, 9.17) is 28.5 Å². The first-order valence-corrected chi connectivity index (χ1v) is 7.51. The van der Waals surface area contributed by atoms with Crippen LogP contribution in [0.15, 0.2) is 36.0 Å². The number of halogens is 2. The van der Waals surface area contributed by atoms with Gasteiger partial charge in [-0.05, 0) is 24.5 Å². The minimum atomic E-state index is -0.395. The van der Waals surface area contributed by atoms with E-state index in [1.165, 1.54) is 6.20 Å². The molecule has 0 aliphatic heterocycles. The summed E-state index contributed by atoms with van der Waals surface area (Å²) in [6, 6.07) is 9.43. The number of carbonyl (C=O) groups excluding carboxylic acids is 1. The number of hydrogen-bond donors (Lipinski definition) is 2. The van der Waals surface area contributed by atoms with E-state index in [1.807, 2.05) is 30.3 Å². The Morgan fingerprint density at radius 3 is 2.76 bits per heavy atom. The molecule has 1 aromatic rings. The number of nitrogens with zero attached hydrogens (tertiary/aromatic N) is 1. The summed E-state index contributed by atoms with van der Waals surface area (Å²) in [5.41, 5.74) is 1.06. The number of alkyl halides is 1. The molecule has 1 amide bonds. The molecule has 0 aromatic heterocycles. The minimum absolute atomic E-state index is 0.0451. The molecule has 0 unspecified atom stereocenters. The predicted octanol–water partition coefficient (Wildman–Crippen LogP) is 2.62. The molecule has 0 radical (unpaired) electrons. The Morgan fingerprint density at radius 2 is 2.10 bits per heavy atom. The van der Waals surface area contributed by atoms with Crippen molar-refractivity contribution in [3.8, 4) is 6.07 Å². The van der Waals surface area contributed by atoms with E-state index in [0.29, 0.717) is 36.8 Å². The lowest BCUT2D eigenvalue weighted by Gasteiger charge is -2.05. The monoisotopic (exact) mass is 325 g/mol. The Kier molecular flexibility index (Phi) is 8.34. The maximum atomic E-state index is 11.7. The van der Waals surface area contributed by atoms with Crippen molar-refractivity contribution in [3.05, 3.63) is 46.6 Å². The first-order chi connectivity index (χ1) is 10.2. The molecular formula is C15H17Cl2N3O. The fourth-order valence-electron chi connectivity index (χ4n) is 1.59. The molecule has 0 saturated carbocycles. The van der Waals surface area contributed by atoms with Crippen molar-refractivity contribution in [2.24, 2.45) is 0 Å². The Hall–Kier alpha value is -1.70. The molecule has 6 heteroatoms. The summed E-state index contributed by atoms with van der Waals surface area (Å²) in [4.78, 5) is 11.7. The Labute approximate surface area is 134 Å². The number of hydrogen-bond acceptors (Lipinski definition) is 3. The van der Waals surface area contributed by atoms with Crippen LogP contribution in [0.25, 0.3) is 0 Å². The fraction of sp³-hybridized carbons (Fsp3) is 0.333. The fourth-order valence-corrected chi connectivity index (χ4v) is 1.96. The van der Waals surface area contributed by atoms with Gasteiger partial charge < -0.3 is 10.6 Å². The number of amides is 1. The highest BCUT2D eigenvalue weighted by Gasteiger charge is 2.07. The summed E-state index contributed by atoms with van der Waals surface area (Å²) in [5.74, 6) is 0.0787. The van der Waals surface area contributed by atoms with E-state index in [1.54, 1.807) is 0 Å². The number of carbonyl (C=O) groups is 1. The molecule has 0 aliphatic carbocycles. The zero-order valence-corrected chi connectivity index (χ0v) is 13.0. The van der Waals surface area contributed by atoms with Crippen LogP contribution in [-0.4, -0.2) is 24.9 Å². The van der Waals surface area contributed by atoms with Gasteiger partial charge in [-0.15, -0.1) is 11.6 Å². The normalized spacial score (nSPS) is 10.8. The van der Waals surface area contributed by atoms with Gasteiger partial charge in [-0.1, -0.05) is 29.8 Å². The van der Waals surface area contributed by atoms with Gasteiger partial charge in [0.05, 0.1) is 0 Å². The highest BCUT2D eigenvalue weighted by molar-refractivity contribution is 6.31. The molecule has 21 heavy (non-hydrogen) atoms. The molecule has 0 fully saturated rings. The number of nitrogens with one attached hydrogen (secondary N) is 2. The molecule has 1 rings (SSSR count). The van der Waals surface area contributed by atoms with Crippen molar-refractivity contribution in [2.45, 2.75) is 12.8 Å². The molecule has 112 valence electrons. The Morgan fingerprint density at radius 1 is 1.33 bits per heavy atom. The van der Waals surface area contributed by atoms with Gasteiger partial charge in [0.25, 0.3) is 5.91 Å². The maximum absolute atomic E-state index is 11.7. The lowest BCUT2D eigenvalue weighted by Crippen LogP contribution is -2.27. The summed E-state index contributed by atoms with van der Waals surface area (Å²) >= 11 is 11.6. The zero-order chi connectivity index (χ0) is 15.5. The molecule has 0 saturated heterocycles. The van der Waals surface area contributed by atoms with Crippen LogP contribution in [0.1, 0.15) is 12.0 Å². The number of nitriles is 1. The van der Waals surface area contributed by atoms with Gasteiger partial charge in [0, 0.05) is 30.2 Å². The third-order valence-corrected chi connectivity index (χ3v) is 3.34. The Bertz CT molecular complexity index is 538. The van der Waals surface area contributed by atoms with E-state index in [-0.39, 0.29) is 5.57 Å². The van der Waals surface area contributed by atoms with E-state index in [0.717, 1.165) is 5.56 Å². The van der Waals surface area contributed by atoms with Crippen molar-refractivity contribution < 1.29 is 4.79 Å². The van der Waals surface area contributed by atoms with E-state index in [2.05, 4.69) is 10.6 Å². The van der Waals surface area contributed by atoms with E-state index in [9.17, 15) is 4.79 Å². The second-order valence-corrected chi connectivity index (χ2v) is 5.05. The molecule has 0 spiro atoms. The molecule has 0 heterocycles. The molecule has 1 aromatic carbocycles. The van der Waals surface area contributed by atoms with Crippen LogP contribution in [0.4, 0.5) is 0 Å². The molecule has 4 nitrogen and oxygen atoms in total. The highest BCUT2D eigenvalue weighted by atomic mass is 35.5. The van der Waals surface area contributed by atoms with Crippen molar-refractivity contribution in [1.82, 2.24) is 10.6 Å². The van der Waals surface area contributed by atoms with E-state index >= 15 is 0 Å². The van der Waals surface area contributed by atoms with Gasteiger partial charge in [-0.3, -0.25) is 4.79 Å². The highest BCUT2D eigenvalue weighted by Crippen LogP contribution is 2.14. The lowest BCUT2D eigenvalue weighted by molar-refractivity contribution is -0.117. The van der Waals surface area contributed by atoms with Crippen LogP contribution in [0.2, 0.25) is 5.02 Å². The van der Waals surface area contributed by atoms with Gasteiger partial charge in [-0.2, -0.15) is 5.26 Å². The first kappa shape index (κ1) is 17.4. The van der Waals surface area contributed by atoms with Crippen LogP contribution in [0.5, 0.6) is 0 Å². The smallest absolute Gasteiger partial charge is 0.263 e. The van der Waals surface area contributed by atoms with Gasteiger partial charge in [0.2, 0.25) is 0 Å². The summed E-state index contributed by atoms with van der Waals surface area (Å²) in [6.45, 7) is 1.05. The summed E-state index contributed by atoms with van der Waals surface area (Å²) in [6.07, 6.45) is 2.81. The minimum Gasteiger partial charge on any atom is -0.389 e. The number of rotatable bonds is 8. The van der Waals surface area contributed by atoms with Crippen LogP contribution >= 0.6 is 23.2 Å². The molecule has 0 bridgehead atoms. The lowest BCUT2D eigenvalue weighted by atomic mass is 10.1. The third-order valence-electron chi connectivity index (χ3n) is 2.70. The van der Waals surface area contributed by atoms with Crippen molar-refractivity contribution in [1.29, 1.82) is 5.26 Å². The standard InChI is InChI=1S/C15H17Cl2N3O/c16-7-3-8-20-15(21)13(10-18)11-19-9-6-12-4-1-2-5-14(12)17/h1-2,4-5,11,19H,3,6-9H2,(H,20,21)/b13-11-. The average Bonchev–Trinajstić information content (AvgIpc) is 2.49. The molecular weight excluding hydrogens is 309 g/mol. The van der Waals surface area contributed by atoms with Crippen molar-refractivity contribution >= 4 is 29.1 Å². The second-order valence-electron chi connectivity index (χ2n) is 4.26. The van der Waals surface area contributed by atoms with Gasteiger partial charge in [0.15, 0.2) is 0 Å². The third kappa shape index (κ3) is 6.52. The summed E-state index contributed by atoms with van der Waals surface area (Å²) < 4.78 is 0. The van der Waals surface area contributed by atoms with Gasteiger partial charge >= 0.3 is 0 Å². The van der Waals surface area contributed by atoms with Crippen LogP contribution in [-0.2, 0) is 11.2 Å². The van der Waals surface area contributed by atoms with Gasteiger partial charge in [0.1, 0.15) is 11.6 Å². The second kappa shape index (κ2) is 10.1. The van der Waals surface area contributed by atoms with Crippen LogP contribution in [0.3, 0.4) is 0 Å². The van der Waals surface area contributed by atoms with Crippen LogP contribution < -0.4 is 10.6 Å². The van der Waals surface area contributed by atoms with Crippen molar-refractivity contribution in [2.75, 3.05) is 19.0 Å².